The number of para-hydroxylation sites is 1. The zero-order valence-corrected chi connectivity index (χ0v) is 16.5. The molecular weight excluding hydrogens is 376 g/mol. The van der Waals surface area contributed by atoms with Crippen LogP contribution in [0.15, 0.2) is 102 Å². The van der Waals surface area contributed by atoms with Gasteiger partial charge >= 0.3 is 0 Å². The Morgan fingerprint density at radius 3 is 2.52 bits per heavy atom. The van der Waals surface area contributed by atoms with Crippen molar-refractivity contribution in [2.75, 3.05) is 0 Å². The van der Waals surface area contributed by atoms with Crippen molar-refractivity contribution in [2.24, 2.45) is 4.99 Å². The smallest absolute Gasteiger partial charge is 0.223 e. The summed E-state index contributed by atoms with van der Waals surface area (Å²) in [5.41, 5.74) is 3.25. The molecule has 2 heterocycles. The van der Waals surface area contributed by atoms with E-state index in [0.717, 1.165) is 27.4 Å². The average molecular weight is 395 g/mol. The molecule has 0 aliphatic carbocycles. The van der Waals surface area contributed by atoms with Crippen LogP contribution < -0.4 is 4.80 Å². The lowest BCUT2D eigenvalue weighted by molar-refractivity contribution is 0.980. The Bertz CT molecular complexity index is 1320. The molecule has 0 aliphatic rings. The molecule has 29 heavy (non-hydrogen) atoms. The van der Waals surface area contributed by atoms with Gasteiger partial charge in [-0.1, -0.05) is 66.7 Å². The summed E-state index contributed by atoms with van der Waals surface area (Å²) in [7, 11) is 0. The standard InChI is InChI=1S/C24H18N4S/c1-2-11-20(12-3-1)28-23(22-14-6-10-19-9-4-5-13-21(19)22)27-24(29-28)26-17-18-8-7-15-25-16-18/h1-16H,17H2. The molecule has 3 aromatic carbocycles. The molecule has 4 nitrogen and oxygen atoms in total. The number of fused-ring (bicyclic) bond motifs is 1. The molecule has 0 radical (unpaired) electrons. The van der Waals surface area contributed by atoms with Gasteiger partial charge in [-0.25, -0.2) is 3.96 Å². The molecule has 0 saturated heterocycles. The van der Waals surface area contributed by atoms with Gasteiger partial charge in [0.1, 0.15) is 0 Å². The van der Waals surface area contributed by atoms with Crippen LogP contribution in [0.2, 0.25) is 0 Å². The highest BCUT2D eigenvalue weighted by molar-refractivity contribution is 7.04. The maximum absolute atomic E-state index is 4.92. The predicted molar refractivity (Wildman–Crippen MR) is 118 cm³/mol. The van der Waals surface area contributed by atoms with Gasteiger partial charge in [0, 0.05) is 18.0 Å². The van der Waals surface area contributed by atoms with Crippen LogP contribution in [-0.2, 0) is 6.54 Å². The first kappa shape index (κ1) is 17.5. The van der Waals surface area contributed by atoms with Crippen LogP contribution in [0.5, 0.6) is 0 Å². The van der Waals surface area contributed by atoms with Gasteiger partial charge in [-0.2, -0.15) is 4.98 Å². The molecule has 5 rings (SSSR count). The third-order valence-electron chi connectivity index (χ3n) is 4.71. The number of hydrogen-bond donors (Lipinski definition) is 0. The van der Waals surface area contributed by atoms with E-state index in [4.69, 9.17) is 9.98 Å². The van der Waals surface area contributed by atoms with Gasteiger partial charge in [-0.3, -0.25) is 9.98 Å². The molecule has 2 aromatic heterocycles. The van der Waals surface area contributed by atoms with E-state index >= 15 is 0 Å². The highest BCUT2D eigenvalue weighted by Crippen LogP contribution is 2.29. The van der Waals surface area contributed by atoms with E-state index in [0.29, 0.717) is 6.54 Å². The molecule has 0 spiro atoms. The number of benzene rings is 3. The highest BCUT2D eigenvalue weighted by Gasteiger charge is 2.13. The van der Waals surface area contributed by atoms with Crippen molar-refractivity contribution < 1.29 is 0 Å². The fourth-order valence-corrected chi connectivity index (χ4v) is 4.19. The molecule has 0 unspecified atom stereocenters. The Morgan fingerprint density at radius 2 is 1.66 bits per heavy atom. The number of pyridine rings is 1. The zero-order chi connectivity index (χ0) is 19.5. The van der Waals surface area contributed by atoms with Gasteiger partial charge in [0.05, 0.1) is 12.2 Å². The monoisotopic (exact) mass is 394 g/mol. The zero-order valence-electron chi connectivity index (χ0n) is 15.6. The van der Waals surface area contributed by atoms with Gasteiger partial charge in [-0.15, -0.1) is 0 Å². The van der Waals surface area contributed by atoms with Crippen molar-refractivity contribution in [3.05, 3.63) is 108 Å². The number of hydrogen-bond acceptors (Lipinski definition) is 4. The molecule has 0 atom stereocenters. The normalized spacial score (nSPS) is 11.8. The molecule has 0 saturated carbocycles. The summed E-state index contributed by atoms with van der Waals surface area (Å²) in [5, 5.41) is 2.38. The first-order chi connectivity index (χ1) is 14.4. The molecule has 0 N–H and O–H groups in total. The third kappa shape index (κ3) is 3.60. The van der Waals surface area contributed by atoms with Crippen molar-refractivity contribution in [1.82, 2.24) is 13.9 Å². The molecular formula is C24H18N4S. The third-order valence-corrected chi connectivity index (χ3v) is 5.66. The summed E-state index contributed by atoms with van der Waals surface area (Å²) in [6.45, 7) is 0.561. The summed E-state index contributed by atoms with van der Waals surface area (Å²) in [5.74, 6) is 0.905. The summed E-state index contributed by atoms with van der Waals surface area (Å²) in [6.07, 6.45) is 3.61. The lowest BCUT2D eigenvalue weighted by atomic mass is 10.0. The van der Waals surface area contributed by atoms with Gasteiger partial charge in [-0.05, 0) is 46.1 Å². The lowest BCUT2D eigenvalue weighted by Crippen LogP contribution is -1.99. The van der Waals surface area contributed by atoms with Crippen LogP contribution in [0.1, 0.15) is 5.56 Å². The van der Waals surface area contributed by atoms with Crippen molar-refractivity contribution in [2.45, 2.75) is 6.54 Å². The fourth-order valence-electron chi connectivity index (χ4n) is 3.32. The van der Waals surface area contributed by atoms with Crippen LogP contribution in [0.4, 0.5) is 0 Å². The van der Waals surface area contributed by atoms with E-state index in [2.05, 4.69) is 63.5 Å². The Balaban J connectivity index is 1.68. The van der Waals surface area contributed by atoms with E-state index in [9.17, 15) is 0 Å². The molecule has 140 valence electrons. The van der Waals surface area contributed by atoms with Crippen LogP contribution in [-0.4, -0.2) is 13.9 Å². The van der Waals surface area contributed by atoms with E-state index in [1.807, 2.05) is 36.5 Å². The fraction of sp³-hybridized carbons (Fsp3) is 0.0417. The quantitative estimate of drug-likeness (QED) is 0.418. The second kappa shape index (κ2) is 7.81. The second-order valence-corrected chi connectivity index (χ2v) is 7.56. The van der Waals surface area contributed by atoms with Gasteiger partial charge in [0.25, 0.3) is 0 Å². The Hall–Kier alpha value is -3.57. The SMILES string of the molecule is c1ccc(-n2sc(=NCc3cccnc3)nc2-c2cccc3ccccc23)cc1. The summed E-state index contributed by atoms with van der Waals surface area (Å²) in [6, 6.07) is 29.0. The predicted octanol–water partition coefficient (Wildman–Crippen LogP) is 5.25. The summed E-state index contributed by atoms with van der Waals surface area (Å²) < 4.78 is 2.16. The van der Waals surface area contributed by atoms with Gasteiger partial charge in [0.15, 0.2) is 5.82 Å². The van der Waals surface area contributed by atoms with Crippen molar-refractivity contribution in [3.63, 3.8) is 0 Å². The largest absolute Gasteiger partial charge is 0.264 e. The minimum Gasteiger partial charge on any atom is -0.264 e. The lowest BCUT2D eigenvalue weighted by Gasteiger charge is -2.09. The Labute approximate surface area is 172 Å². The maximum atomic E-state index is 4.92. The summed E-state index contributed by atoms with van der Waals surface area (Å²) in [4.78, 5) is 14.6. The number of nitrogens with zero attached hydrogens (tertiary/aromatic N) is 4. The first-order valence-corrected chi connectivity index (χ1v) is 10.2. The van der Waals surface area contributed by atoms with E-state index in [1.165, 1.54) is 10.8 Å². The van der Waals surface area contributed by atoms with Crippen molar-refractivity contribution in [1.29, 1.82) is 0 Å². The number of aromatic nitrogens is 3. The van der Waals surface area contributed by atoms with Gasteiger partial charge in [0.2, 0.25) is 4.80 Å². The maximum Gasteiger partial charge on any atom is 0.223 e. The highest BCUT2D eigenvalue weighted by atomic mass is 32.1. The van der Waals surface area contributed by atoms with Crippen LogP contribution >= 0.6 is 11.5 Å². The van der Waals surface area contributed by atoms with E-state index < -0.39 is 0 Å². The van der Waals surface area contributed by atoms with E-state index in [-0.39, 0.29) is 0 Å². The first-order valence-electron chi connectivity index (χ1n) is 9.42. The average Bonchev–Trinajstić information content (AvgIpc) is 3.23. The minimum atomic E-state index is 0.561. The van der Waals surface area contributed by atoms with Crippen molar-refractivity contribution >= 4 is 22.3 Å². The van der Waals surface area contributed by atoms with Crippen molar-refractivity contribution in [3.8, 4) is 17.1 Å². The minimum absolute atomic E-state index is 0.561. The summed E-state index contributed by atoms with van der Waals surface area (Å²) >= 11 is 1.55. The van der Waals surface area contributed by atoms with E-state index in [1.54, 1.807) is 17.7 Å². The van der Waals surface area contributed by atoms with Crippen LogP contribution in [0.3, 0.4) is 0 Å². The molecule has 5 aromatic rings. The molecule has 0 bridgehead atoms. The van der Waals surface area contributed by atoms with Crippen LogP contribution in [0, 0.1) is 0 Å². The van der Waals surface area contributed by atoms with Crippen LogP contribution in [0.25, 0.3) is 27.8 Å². The molecule has 0 aliphatic heterocycles. The molecule has 0 amide bonds. The Kier molecular flexibility index (Phi) is 4.72. The Morgan fingerprint density at radius 1 is 0.828 bits per heavy atom. The van der Waals surface area contributed by atoms with Gasteiger partial charge < -0.3 is 0 Å². The topological polar surface area (TPSA) is 43.1 Å². The number of rotatable bonds is 4. The molecule has 0 fully saturated rings. The molecule has 5 heteroatoms. The second-order valence-electron chi connectivity index (χ2n) is 6.64.